The smallest absolute Gasteiger partial charge is 0.305 e. The maximum Gasteiger partial charge on any atom is 0.305 e. The van der Waals surface area contributed by atoms with Gasteiger partial charge in [0.25, 0.3) is 5.91 Å². The second-order valence-corrected chi connectivity index (χ2v) is 5.92. The van der Waals surface area contributed by atoms with E-state index in [4.69, 9.17) is 9.52 Å². The minimum atomic E-state index is -0.991. The van der Waals surface area contributed by atoms with Gasteiger partial charge in [0.15, 0.2) is 5.89 Å². The summed E-state index contributed by atoms with van der Waals surface area (Å²) in [6.07, 6.45) is 1.75. The van der Waals surface area contributed by atoms with Gasteiger partial charge in [-0.15, -0.1) is 11.8 Å². The Balaban J connectivity index is 2.22. The summed E-state index contributed by atoms with van der Waals surface area (Å²) in [6.45, 7) is 3.32. The van der Waals surface area contributed by atoms with Crippen molar-refractivity contribution < 1.29 is 19.1 Å². The molecule has 0 aliphatic carbocycles. The highest BCUT2D eigenvalue weighted by atomic mass is 32.2. The quantitative estimate of drug-likeness (QED) is 0.789. The van der Waals surface area contributed by atoms with Gasteiger partial charge in [-0.25, -0.2) is 4.98 Å². The topological polar surface area (TPSA) is 92.4 Å². The van der Waals surface area contributed by atoms with Crippen LogP contribution in [0.5, 0.6) is 0 Å². The van der Waals surface area contributed by atoms with Crippen LogP contribution in [-0.2, 0) is 4.79 Å². The number of oxazole rings is 1. The Bertz CT molecular complexity index is 709. The van der Waals surface area contributed by atoms with E-state index in [1.807, 2.05) is 30.5 Å². The summed E-state index contributed by atoms with van der Waals surface area (Å²) in [4.78, 5) is 28.5. The summed E-state index contributed by atoms with van der Waals surface area (Å²) < 4.78 is 5.28. The molecule has 0 fully saturated rings. The average molecular weight is 334 g/mol. The van der Waals surface area contributed by atoms with Gasteiger partial charge in [-0.2, -0.15) is 0 Å². The second-order valence-electron chi connectivity index (χ2n) is 5.04. The fourth-order valence-electron chi connectivity index (χ4n) is 2.23. The number of thioether (sulfide) groups is 1. The lowest BCUT2D eigenvalue weighted by Crippen LogP contribution is -2.30. The third-order valence-electron chi connectivity index (χ3n) is 3.31. The molecule has 1 aromatic heterocycles. The number of aliphatic carboxylic acids is 1. The van der Waals surface area contributed by atoms with Crippen molar-refractivity contribution in [2.24, 2.45) is 0 Å². The fourth-order valence-corrected chi connectivity index (χ4v) is 2.64. The summed E-state index contributed by atoms with van der Waals surface area (Å²) in [5.41, 5.74) is 1.21. The predicted octanol–water partition coefficient (Wildman–Crippen LogP) is 2.96. The van der Waals surface area contributed by atoms with Gasteiger partial charge in [-0.1, -0.05) is 12.1 Å². The van der Waals surface area contributed by atoms with E-state index < -0.39 is 17.9 Å². The number of aryl methyl sites for hydroxylation is 2. The zero-order chi connectivity index (χ0) is 17.0. The number of carbonyl (C=O) groups excluding carboxylic acids is 1. The lowest BCUT2D eigenvalue weighted by Gasteiger charge is -2.17. The van der Waals surface area contributed by atoms with E-state index in [2.05, 4.69) is 10.3 Å². The number of amides is 1. The number of hydrogen-bond donors (Lipinski definition) is 2. The lowest BCUT2D eigenvalue weighted by molar-refractivity contribution is -0.137. The molecular formula is C16H18N2O4S. The summed E-state index contributed by atoms with van der Waals surface area (Å²) >= 11 is 1.59. The van der Waals surface area contributed by atoms with Crippen molar-refractivity contribution >= 4 is 23.6 Å². The molecule has 6 nitrogen and oxygen atoms in total. The van der Waals surface area contributed by atoms with Crippen LogP contribution in [0, 0.1) is 13.8 Å². The van der Waals surface area contributed by atoms with Crippen molar-refractivity contribution in [3.63, 3.8) is 0 Å². The first kappa shape index (κ1) is 17.1. The average Bonchev–Trinajstić information content (AvgIpc) is 2.85. The summed E-state index contributed by atoms with van der Waals surface area (Å²) in [5.74, 6) is -0.955. The van der Waals surface area contributed by atoms with Gasteiger partial charge in [-0.05, 0) is 30.9 Å². The molecule has 1 unspecified atom stereocenters. The molecule has 0 spiro atoms. The van der Waals surface area contributed by atoms with Crippen molar-refractivity contribution in [3.05, 3.63) is 47.2 Å². The molecule has 2 N–H and O–H groups in total. The number of nitrogens with one attached hydrogen (secondary N) is 1. The van der Waals surface area contributed by atoms with Crippen LogP contribution in [0.1, 0.15) is 40.2 Å². The van der Waals surface area contributed by atoms with Gasteiger partial charge in [0.1, 0.15) is 0 Å². The molecule has 1 aromatic carbocycles. The highest BCUT2D eigenvalue weighted by molar-refractivity contribution is 7.98. The normalized spacial score (nSPS) is 12.0. The number of aromatic nitrogens is 1. The number of nitrogens with zero attached hydrogens (tertiary/aromatic N) is 1. The van der Waals surface area contributed by atoms with Gasteiger partial charge in [0.2, 0.25) is 5.76 Å². The highest BCUT2D eigenvalue weighted by Crippen LogP contribution is 2.22. The minimum Gasteiger partial charge on any atom is -0.481 e. The van der Waals surface area contributed by atoms with E-state index in [9.17, 15) is 9.59 Å². The van der Waals surface area contributed by atoms with E-state index in [1.165, 1.54) is 0 Å². The minimum absolute atomic E-state index is 0.110. The van der Waals surface area contributed by atoms with Crippen LogP contribution in [0.3, 0.4) is 0 Å². The van der Waals surface area contributed by atoms with Crippen molar-refractivity contribution in [2.75, 3.05) is 6.26 Å². The molecule has 2 rings (SSSR count). The molecule has 7 heteroatoms. The van der Waals surface area contributed by atoms with Crippen molar-refractivity contribution in [1.29, 1.82) is 0 Å². The first-order chi connectivity index (χ1) is 10.9. The van der Waals surface area contributed by atoms with Crippen LogP contribution in [0.2, 0.25) is 0 Å². The first-order valence-corrected chi connectivity index (χ1v) is 8.23. The molecule has 0 bridgehead atoms. The van der Waals surface area contributed by atoms with E-state index in [1.54, 1.807) is 25.6 Å². The Morgan fingerprint density at radius 1 is 1.30 bits per heavy atom. The van der Waals surface area contributed by atoms with Gasteiger partial charge >= 0.3 is 5.97 Å². The molecule has 1 atom stereocenters. The number of carbonyl (C=O) groups is 2. The Labute approximate surface area is 138 Å². The Morgan fingerprint density at radius 2 is 1.96 bits per heavy atom. The van der Waals surface area contributed by atoms with Crippen LogP contribution < -0.4 is 5.32 Å². The standard InChI is InChI=1S/C16H18N2O4S/c1-9-15(22-10(2)17-9)16(21)18-13(8-14(19)20)11-4-6-12(23-3)7-5-11/h4-7,13H,8H2,1-3H3,(H,18,21)(H,19,20). The second kappa shape index (κ2) is 7.32. The van der Waals surface area contributed by atoms with Crippen molar-refractivity contribution in [3.8, 4) is 0 Å². The zero-order valence-electron chi connectivity index (χ0n) is 13.1. The molecule has 1 heterocycles. The summed E-state index contributed by atoms with van der Waals surface area (Å²) in [7, 11) is 0. The number of rotatable bonds is 6. The third kappa shape index (κ3) is 4.35. The van der Waals surface area contributed by atoms with E-state index in [-0.39, 0.29) is 12.2 Å². The molecule has 0 saturated carbocycles. The van der Waals surface area contributed by atoms with Gasteiger partial charge in [0.05, 0.1) is 18.2 Å². The maximum atomic E-state index is 12.3. The molecule has 23 heavy (non-hydrogen) atoms. The molecule has 1 amide bonds. The number of hydrogen-bond acceptors (Lipinski definition) is 5. The van der Waals surface area contributed by atoms with Gasteiger partial charge < -0.3 is 14.8 Å². The molecule has 122 valence electrons. The predicted molar refractivity (Wildman–Crippen MR) is 86.7 cm³/mol. The van der Waals surface area contributed by atoms with Crippen LogP contribution >= 0.6 is 11.8 Å². The Morgan fingerprint density at radius 3 is 2.43 bits per heavy atom. The molecule has 0 aliphatic rings. The Hall–Kier alpha value is -2.28. The van der Waals surface area contributed by atoms with Gasteiger partial charge in [0, 0.05) is 11.8 Å². The maximum absolute atomic E-state index is 12.3. The highest BCUT2D eigenvalue weighted by Gasteiger charge is 2.22. The summed E-state index contributed by atoms with van der Waals surface area (Å²) in [6, 6.07) is 6.78. The van der Waals surface area contributed by atoms with Crippen molar-refractivity contribution in [1.82, 2.24) is 10.3 Å². The number of carboxylic acid groups (broad SMARTS) is 1. The Kier molecular flexibility index (Phi) is 5.44. The van der Waals surface area contributed by atoms with E-state index in [0.717, 1.165) is 10.5 Å². The first-order valence-electron chi connectivity index (χ1n) is 7.01. The summed E-state index contributed by atoms with van der Waals surface area (Å²) in [5, 5.41) is 11.8. The monoisotopic (exact) mass is 334 g/mol. The van der Waals surface area contributed by atoms with E-state index in [0.29, 0.717) is 11.6 Å². The largest absolute Gasteiger partial charge is 0.481 e. The van der Waals surface area contributed by atoms with Crippen LogP contribution in [0.15, 0.2) is 33.6 Å². The number of carboxylic acids is 1. The molecule has 2 aromatic rings. The number of benzene rings is 1. The molecule has 0 radical (unpaired) electrons. The van der Waals surface area contributed by atoms with Crippen LogP contribution in [0.4, 0.5) is 0 Å². The lowest BCUT2D eigenvalue weighted by atomic mass is 10.0. The van der Waals surface area contributed by atoms with Crippen molar-refractivity contribution in [2.45, 2.75) is 31.2 Å². The van der Waals surface area contributed by atoms with Crippen LogP contribution in [0.25, 0.3) is 0 Å². The zero-order valence-corrected chi connectivity index (χ0v) is 13.9. The fraction of sp³-hybridized carbons (Fsp3) is 0.312. The third-order valence-corrected chi connectivity index (χ3v) is 4.06. The molecule has 0 saturated heterocycles. The van der Waals surface area contributed by atoms with Crippen LogP contribution in [-0.4, -0.2) is 28.2 Å². The molecular weight excluding hydrogens is 316 g/mol. The van der Waals surface area contributed by atoms with E-state index >= 15 is 0 Å². The van der Waals surface area contributed by atoms with Gasteiger partial charge in [-0.3, -0.25) is 9.59 Å². The molecule has 0 aliphatic heterocycles. The SMILES string of the molecule is CSc1ccc(C(CC(=O)O)NC(=O)c2oc(C)nc2C)cc1.